The van der Waals surface area contributed by atoms with Crippen molar-refractivity contribution < 1.29 is 4.79 Å². The molecule has 0 aliphatic carbocycles. The van der Waals surface area contributed by atoms with Gasteiger partial charge < -0.3 is 15.2 Å². The fourth-order valence-corrected chi connectivity index (χ4v) is 1.55. The highest BCUT2D eigenvalue weighted by Gasteiger charge is 2.04. The van der Waals surface area contributed by atoms with Gasteiger partial charge in [-0.15, -0.1) is 0 Å². The van der Waals surface area contributed by atoms with E-state index in [1.54, 1.807) is 6.33 Å². The molecule has 0 bridgehead atoms. The molecule has 0 fully saturated rings. The van der Waals surface area contributed by atoms with Crippen LogP contribution in [0.1, 0.15) is 26.5 Å². The number of carbonyl (C=O) groups is 1. The van der Waals surface area contributed by atoms with Crippen LogP contribution in [0.15, 0.2) is 12.5 Å². The predicted molar refractivity (Wildman–Crippen MR) is 72.3 cm³/mol. The Bertz CT molecular complexity index is 360. The monoisotopic (exact) mass is 252 g/mol. The van der Waals surface area contributed by atoms with Gasteiger partial charge >= 0.3 is 0 Å². The van der Waals surface area contributed by atoms with Gasteiger partial charge in [0.05, 0.1) is 12.0 Å². The number of likely N-dealkylation sites (N-methyl/N-ethyl adjacent to an activating group) is 1. The molecule has 0 spiro atoms. The molecule has 1 aromatic heterocycles. The smallest absolute Gasteiger partial charge is 0.239 e. The van der Waals surface area contributed by atoms with E-state index in [1.807, 2.05) is 10.8 Å². The molecule has 1 aromatic rings. The second-order valence-corrected chi connectivity index (χ2v) is 4.84. The number of nitrogens with one attached hydrogen (secondary N) is 2. The number of hydrogen-bond acceptors (Lipinski definition) is 3. The maximum Gasteiger partial charge on any atom is 0.239 e. The zero-order chi connectivity index (χ0) is 13.4. The lowest BCUT2D eigenvalue weighted by Crippen LogP contribution is -2.30. The third-order valence-corrected chi connectivity index (χ3v) is 2.53. The molecule has 1 amide bonds. The number of amides is 1. The largest absolute Gasteiger partial charge is 0.354 e. The Hall–Kier alpha value is -1.36. The molecule has 18 heavy (non-hydrogen) atoms. The normalized spacial score (nSPS) is 10.9. The summed E-state index contributed by atoms with van der Waals surface area (Å²) in [4.78, 5) is 15.9. The number of nitrogens with zero attached hydrogens (tertiary/aromatic N) is 2. The summed E-state index contributed by atoms with van der Waals surface area (Å²) in [5.41, 5.74) is 1.02. The van der Waals surface area contributed by atoms with Gasteiger partial charge in [0.25, 0.3) is 0 Å². The van der Waals surface area contributed by atoms with Crippen molar-refractivity contribution >= 4 is 5.91 Å². The Labute approximate surface area is 109 Å². The second-order valence-electron chi connectivity index (χ2n) is 4.84. The minimum absolute atomic E-state index is 0.0410. The summed E-state index contributed by atoms with van der Waals surface area (Å²) in [7, 11) is 0. The Morgan fingerprint density at radius 2 is 2.28 bits per heavy atom. The Kier molecular flexibility index (Phi) is 6.43. The summed E-state index contributed by atoms with van der Waals surface area (Å²) >= 11 is 0. The lowest BCUT2D eigenvalue weighted by Gasteiger charge is -2.07. The maximum absolute atomic E-state index is 11.6. The first kappa shape index (κ1) is 14.7. The molecule has 0 saturated carbocycles. The van der Waals surface area contributed by atoms with E-state index in [4.69, 9.17) is 0 Å². The third-order valence-electron chi connectivity index (χ3n) is 2.53. The van der Waals surface area contributed by atoms with Gasteiger partial charge in [0.15, 0.2) is 0 Å². The molecule has 0 unspecified atom stereocenters. The summed E-state index contributed by atoms with van der Waals surface area (Å²) in [5.74, 6) is 0.520. The van der Waals surface area contributed by atoms with E-state index < -0.39 is 0 Å². The highest BCUT2D eigenvalue weighted by molar-refractivity contribution is 5.75. The molecular formula is C13H24N4O. The molecule has 0 radical (unpaired) electrons. The number of aromatic nitrogens is 2. The molecule has 0 aromatic carbocycles. The summed E-state index contributed by atoms with van der Waals surface area (Å²) in [6.07, 6.45) is 4.55. The fraction of sp³-hybridized carbons (Fsp3) is 0.692. The first-order valence-corrected chi connectivity index (χ1v) is 6.60. The number of hydrogen-bond donors (Lipinski definition) is 2. The van der Waals surface area contributed by atoms with Crippen molar-refractivity contribution in [3.63, 3.8) is 0 Å². The fourth-order valence-electron chi connectivity index (χ4n) is 1.55. The quantitative estimate of drug-likeness (QED) is 0.673. The predicted octanol–water partition coefficient (Wildman–Crippen LogP) is 0.807. The first-order valence-electron chi connectivity index (χ1n) is 6.60. The van der Waals surface area contributed by atoms with Crippen molar-refractivity contribution in [2.24, 2.45) is 5.92 Å². The van der Waals surface area contributed by atoms with E-state index in [2.05, 4.69) is 36.4 Å². The Morgan fingerprint density at radius 1 is 1.50 bits per heavy atom. The van der Waals surface area contributed by atoms with Gasteiger partial charge in [-0.1, -0.05) is 20.8 Å². The van der Waals surface area contributed by atoms with Crippen molar-refractivity contribution in [2.75, 3.05) is 19.6 Å². The van der Waals surface area contributed by atoms with Gasteiger partial charge in [0.1, 0.15) is 6.54 Å². The molecule has 0 aliphatic heterocycles. The zero-order valence-corrected chi connectivity index (χ0v) is 11.6. The highest BCUT2D eigenvalue weighted by atomic mass is 16.1. The molecule has 0 atom stereocenters. The molecule has 5 nitrogen and oxygen atoms in total. The van der Waals surface area contributed by atoms with Crippen molar-refractivity contribution in [1.29, 1.82) is 0 Å². The van der Waals surface area contributed by atoms with Crippen LogP contribution in [0.2, 0.25) is 0 Å². The van der Waals surface area contributed by atoms with Crippen molar-refractivity contribution in [1.82, 2.24) is 20.2 Å². The van der Waals surface area contributed by atoms with Crippen LogP contribution in [-0.4, -0.2) is 35.1 Å². The summed E-state index contributed by atoms with van der Waals surface area (Å²) in [5, 5.41) is 6.14. The van der Waals surface area contributed by atoms with Crippen LogP contribution < -0.4 is 10.6 Å². The SMILES string of the molecule is CCNCCc1cn(CC(=O)NCC(C)C)cn1. The molecule has 102 valence electrons. The standard InChI is InChI=1S/C13H24N4O/c1-4-14-6-5-12-8-17(10-16-12)9-13(18)15-7-11(2)3/h8,10-11,14H,4-7,9H2,1-3H3,(H,15,18). The zero-order valence-electron chi connectivity index (χ0n) is 11.6. The van der Waals surface area contributed by atoms with Gasteiger partial charge in [0.2, 0.25) is 5.91 Å². The number of rotatable bonds is 8. The van der Waals surface area contributed by atoms with E-state index in [9.17, 15) is 4.79 Å². The highest BCUT2D eigenvalue weighted by Crippen LogP contribution is 1.97. The minimum atomic E-state index is 0.0410. The van der Waals surface area contributed by atoms with Crippen LogP contribution in [0.25, 0.3) is 0 Å². The maximum atomic E-state index is 11.6. The van der Waals surface area contributed by atoms with Gasteiger partial charge in [0, 0.05) is 25.7 Å². The average molecular weight is 252 g/mol. The van der Waals surface area contributed by atoms with Crippen LogP contribution in [0.4, 0.5) is 0 Å². The minimum Gasteiger partial charge on any atom is -0.354 e. The molecule has 0 aliphatic rings. The van der Waals surface area contributed by atoms with E-state index in [0.29, 0.717) is 12.5 Å². The van der Waals surface area contributed by atoms with E-state index in [0.717, 1.165) is 31.7 Å². The summed E-state index contributed by atoms with van der Waals surface area (Å²) < 4.78 is 1.83. The first-order chi connectivity index (χ1) is 8.61. The van der Waals surface area contributed by atoms with Crippen LogP contribution in [0.5, 0.6) is 0 Å². The summed E-state index contributed by atoms with van der Waals surface area (Å²) in [6, 6.07) is 0. The van der Waals surface area contributed by atoms with E-state index >= 15 is 0 Å². The molecule has 5 heteroatoms. The van der Waals surface area contributed by atoms with Crippen molar-refractivity contribution in [3.05, 3.63) is 18.2 Å². The van der Waals surface area contributed by atoms with Gasteiger partial charge in [-0.3, -0.25) is 4.79 Å². The Morgan fingerprint density at radius 3 is 2.94 bits per heavy atom. The third kappa shape index (κ3) is 5.82. The second kappa shape index (κ2) is 7.87. The van der Waals surface area contributed by atoms with Crippen LogP contribution >= 0.6 is 0 Å². The number of imidazole rings is 1. The van der Waals surface area contributed by atoms with Gasteiger partial charge in [-0.25, -0.2) is 4.98 Å². The summed E-state index contributed by atoms with van der Waals surface area (Å²) in [6.45, 7) is 9.21. The lowest BCUT2D eigenvalue weighted by molar-refractivity contribution is -0.121. The molecule has 1 heterocycles. The topological polar surface area (TPSA) is 59.0 Å². The van der Waals surface area contributed by atoms with Crippen LogP contribution in [0, 0.1) is 5.92 Å². The Balaban J connectivity index is 2.32. The number of carbonyl (C=O) groups excluding carboxylic acids is 1. The average Bonchev–Trinajstić information content (AvgIpc) is 2.74. The van der Waals surface area contributed by atoms with E-state index in [1.165, 1.54) is 0 Å². The van der Waals surface area contributed by atoms with E-state index in [-0.39, 0.29) is 5.91 Å². The van der Waals surface area contributed by atoms with Crippen molar-refractivity contribution in [3.8, 4) is 0 Å². The molecule has 2 N–H and O–H groups in total. The molecular weight excluding hydrogens is 228 g/mol. The van der Waals surface area contributed by atoms with Gasteiger partial charge in [-0.2, -0.15) is 0 Å². The molecule has 1 rings (SSSR count). The van der Waals surface area contributed by atoms with Crippen LogP contribution in [0.3, 0.4) is 0 Å². The lowest BCUT2D eigenvalue weighted by atomic mass is 10.2. The molecule has 0 saturated heterocycles. The van der Waals surface area contributed by atoms with Gasteiger partial charge in [-0.05, 0) is 12.5 Å². The van der Waals surface area contributed by atoms with Crippen molar-refractivity contribution in [2.45, 2.75) is 33.7 Å². The van der Waals surface area contributed by atoms with Crippen LogP contribution in [-0.2, 0) is 17.8 Å².